The van der Waals surface area contributed by atoms with E-state index in [1.807, 2.05) is 24.4 Å². The van der Waals surface area contributed by atoms with E-state index >= 15 is 0 Å². The molecule has 142 valence electrons. The lowest BCUT2D eigenvalue weighted by Crippen LogP contribution is -2.29. The lowest BCUT2D eigenvalue weighted by Gasteiger charge is -2.14. The molecule has 0 N–H and O–H groups in total. The summed E-state index contributed by atoms with van der Waals surface area (Å²) in [5.41, 5.74) is 2.86. The van der Waals surface area contributed by atoms with Gasteiger partial charge in [0.25, 0.3) is 5.56 Å². The fraction of sp³-hybridized carbons (Fsp3) is 0.381. The molecule has 1 atom stereocenters. The second kappa shape index (κ2) is 8.05. The van der Waals surface area contributed by atoms with E-state index < -0.39 is 12.0 Å². The van der Waals surface area contributed by atoms with Gasteiger partial charge in [-0.05, 0) is 30.4 Å². The molecule has 6 heteroatoms. The molecule has 1 unspecified atom stereocenters. The number of hydrogen-bond acceptors (Lipinski definition) is 5. The molecule has 3 aromatic rings. The number of benzene rings is 1. The van der Waals surface area contributed by atoms with Crippen LogP contribution >= 0.6 is 11.3 Å². The van der Waals surface area contributed by atoms with Gasteiger partial charge in [0.2, 0.25) is 0 Å². The Hall–Kier alpha value is -2.47. The Morgan fingerprint density at radius 1 is 1.22 bits per heavy atom. The van der Waals surface area contributed by atoms with Crippen molar-refractivity contribution in [3.63, 3.8) is 0 Å². The fourth-order valence-electron chi connectivity index (χ4n) is 2.92. The Morgan fingerprint density at radius 2 is 1.93 bits per heavy atom. The average molecular weight is 385 g/mol. The SMILES string of the molecule is CCCOC(=O)C(C)n1cnc2scc(-c3ccc(C(C)C)cc3)c2c1=O. The largest absolute Gasteiger partial charge is 0.464 e. The lowest BCUT2D eigenvalue weighted by atomic mass is 9.99. The second-order valence-corrected chi connectivity index (χ2v) is 7.76. The van der Waals surface area contributed by atoms with E-state index in [0.717, 1.165) is 17.5 Å². The van der Waals surface area contributed by atoms with Crippen LogP contribution in [0.5, 0.6) is 0 Å². The van der Waals surface area contributed by atoms with Crippen molar-refractivity contribution in [3.05, 3.63) is 51.9 Å². The van der Waals surface area contributed by atoms with Crippen molar-refractivity contribution in [2.75, 3.05) is 6.61 Å². The Balaban J connectivity index is 2.04. The molecule has 0 bridgehead atoms. The zero-order valence-electron chi connectivity index (χ0n) is 16.1. The summed E-state index contributed by atoms with van der Waals surface area (Å²) in [4.78, 5) is 30.3. The van der Waals surface area contributed by atoms with Crippen molar-refractivity contribution >= 4 is 27.5 Å². The number of fused-ring (bicyclic) bond motifs is 1. The average Bonchev–Trinajstić information content (AvgIpc) is 3.11. The highest BCUT2D eigenvalue weighted by molar-refractivity contribution is 7.17. The van der Waals surface area contributed by atoms with E-state index in [9.17, 15) is 9.59 Å². The highest BCUT2D eigenvalue weighted by Gasteiger charge is 2.21. The minimum absolute atomic E-state index is 0.217. The summed E-state index contributed by atoms with van der Waals surface area (Å²) in [5.74, 6) is 0.0327. The van der Waals surface area contributed by atoms with Gasteiger partial charge < -0.3 is 4.74 Å². The number of thiophene rings is 1. The minimum Gasteiger partial charge on any atom is -0.464 e. The van der Waals surface area contributed by atoms with Crippen LogP contribution in [0.15, 0.2) is 40.8 Å². The molecule has 0 radical (unpaired) electrons. The number of carbonyl (C=O) groups is 1. The second-order valence-electron chi connectivity index (χ2n) is 6.91. The zero-order valence-corrected chi connectivity index (χ0v) is 16.9. The van der Waals surface area contributed by atoms with Crippen molar-refractivity contribution in [2.45, 2.75) is 46.1 Å². The van der Waals surface area contributed by atoms with Crippen LogP contribution in [0.3, 0.4) is 0 Å². The van der Waals surface area contributed by atoms with Gasteiger partial charge in [-0.2, -0.15) is 0 Å². The van der Waals surface area contributed by atoms with Gasteiger partial charge in [0.05, 0.1) is 18.3 Å². The zero-order chi connectivity index (χ0) is 19.6. The molecule has 0 spiro atoms. The predicted octanol–water partition coefficient (Wildman–Crippen LogP) is 4.76. The maximum atomic E-state index is 13.1. The van der Waals surface area contributed by atoms with Gasteiger partial charge in [-0.3, -0.25) is 9.36 Å². The van der Waals surface area contributed by atoms with Gasteiger partial charge in [0.15, 0.2) is 0 Å². The molecule has 0 saturated heterocycles. The standard InChI is InChI=1S/C21H24N2O3S/c1-5-10-26-21(25)14(4)23-12-22-19-18(20(23)24)17(11-27-19)16-8-6-15(7-9-16)13(2)3/h6-9,11-14H,5,10H2,1-4H3. The number of aromatic nitrogens is 2. The molecule has 0 amide bonds. The number of hydrogen-bond donors (Lipinski definition) is 0. The Morgan fingerprint density at radius 3 is 2.56 bits per heavy atom. The summed E-state index contributed by atoms with van der Waals surface area (Å²) in [6.07, 6.45) is 2.18. The van der Waals surface area contributed by atoms with Gasteiger partial charge in [-0.1, -0.05) is 45.0 Å². The summed E-state index contributed by atoms with van der Waals surface area (Å²) in [6.45, 7) is 8.24. The van der Waals surface area contributed by atoms with Crippen molar-refractivity contribution in [2.24, 2.45) is 0 Å². The van der Waals surface area contributed by atoms with Crippen LogP contribution in [-0.4, -0.2) is 22.1 Å². The summed E-state index contributed by atoms with van der Waals surface area (Å²) >= 11 is 1.44. The first-order valence-corrected chi connectivity index (χ1v) is 10.1. The van der Waals surface area contributed by atoms with Gasteiger partial charge >= 0.3 is 5.97 Å². The van der Waals surface area contributed by atoms with E-state index in [1.165, 1.54) is 27.8 Å². The number of ether oxygens (including phenoxy) is 1. The maximum Gasteiger partial charge on any atom is 0.328 e. The van der Waals surface area contributed by atoms with E-state index in [0.29, 0.717) is 22.7 Å². The Bertz CT molecular complexity index is 1000. The third-order valence-corrected chi connectivity index (χ3v) is 5.50. The fourth-order valence-corrected chi connectivity index (χ4v) is 3.82. The molecular formula is C21H24N2O3S. The third kappa shape index (κ3) is 3.81. The molecule has 3 rings (SSSR count). The van der Waals surface area contributed by atoms with Crippen LogP contribution in [0.25, 0.3) is 21.3 Å². The molecule has 0 aliphatic rings. The molecule has 1 aromatic carbocycles. The highest BCUT2D eigenvalue weighted by atomic mass is 32.1. The van der Waals surface area contributed by atoms with Gasteiger partial charge in [-0.15, -0.1) is 11.3 Å². The molecule has 5 nitrogen and oxygen atoms in total. The quantitative estimate of drug-likeness (QED) is 0.575. The van der Waals surface area contributed by atoms with E-state index in [2.05, 4.69) is 31.0 Å². The normalized spacial score (nSPS) is 12.5. The first kappa shape index (κ1) is 19.3. The van der Waals surface area contributed by atoms with Crippen molar-refractivity contribution in [3.8, 4) is 11.1 Å². The number of carbonyl (C=O) groups excluding carboxylic acids is 1. The van der Waals surface area contributed by atoms with E-state index in [1.54, 1.807) is 6.92 Å². The van der Waals surface area contributed by atoms with Crippen molar-refractivity contribution in [1.82, 2.24) is 9.55 Å². The van der Waals surface area contributed by atoms with Crippen molar-refractivity contribution in [1.29, 1.82) is 0 Å². The highest BCUT2D eigenvalue weighted by Crippen LogP contribution is 2.31. The smallest absolute Gasteiger partial charge is 0.328 e. The van der Waals surface area contributed by atoms with Crippen LogP contribution in [0.4, 0.5) is 0 Å². The molecule has 0 saturated carbocycles. The summed E-state index contributed by atoms with van der Waals surface area (Å²) in [7, 11) is 0. The summed E-state index contributed by atoms with van der Waals surface area (Å²) in [6, 6.07) is 7.53. The molecule has 0 aliphatic carbocycles. The molecular weight excluding hydrogens is 360 g/mol. The first-order chi connectivity index (χ1) is 12.9. The van der Waals surface area contributed by atoms with Gasteiger partial charge in [0, 0.05) is 10.9 Å². The van der Waals surface area contributed by atoms with Crippen molar-refractivity contribution < 1.29 is 9.53 Å². The minimum atomic E-state index is -0.711. The number of esters is 1. The summed E-state index contributed by atoms with van der Waals surface area (Å²) < 4.78 is 6.54. The Labute approximate surface area is 162 Å². The number of nitrogens with zero attached hydrogens (tertiary/aromatic N) is 2. The molecule has 0 aliphatic heterocycles. The van der Waals surface area contributed by atoms with Crippen LogP contribution in [-0.2, 0) is 9.53 Å². The van der Waals surface area contributed by atoms with Crippen LogP contribution < -0.4 is 5.56 Å². The first-order valence-electron chi connectivity index (χ1n) is 9.19. The van der Waals surface area contributed by atoms with Crippen LogP contribution in [0, 0.1) is 0 Å². The summed E-state index contributed by atoms with van der Waals surface area (Å²) in [5, 5.41) is 2.50. The van der Waals surface area contributed by atoms with Gasteiger partial charge in [0.1, 0.15) is 10.9 Å². The lowest BCUT2D eigenvalue weighted by molar-refractivity contribution is -0.147. The molecule has 27 heavy (non-hydrogen) atoms. The van der Waals surface area contributed by atoms with E-state index in [4.69, 9.17) is 4.74 Å². The van der Waals surface area contributed by atoms with Gasteiger partial charge in [-0.25, -0.2) is 9.78 Å². The third-order valence-electron chi connectivity index (χ3n) is 4.61. The maximum absolute atomic E-state index is 13.1. The monoisotopic (exact) mass is 384 g/mol. The predicted molar refractivity (Wildman–Crippen MR) is 109 cm³/mol. The molecule has 2 heterocycles. The Kier molecular flexibility index (Phi) is 5.75. The molecule has 0 fully saturated rings. The van der Waals surface area contributed by atoms with Crippen LogP contribution in [0.2, 0.25) is 0 Å². The van der Waals surface area contributed by atoms with E-state index in [-0.39, 0.29) is 5.56 Å². The van der Waals surface area contributed by atoms with Crippen LogP contribution in [0.1, 0.15) is 51.6 Å². The topological polar surface area (TPSA) is 61.2 Å². The number of rotatable bonds is 6. The molecule has 2 aromatic heterocycles.